The largest absolute Gasteiger partial charge is 0.490 e. The second kappa shape index (κ2) is 9.80. The number of amides is 2. The van der Waals surface area contributed by atoms with Crippen molar-refractivity contribution >= 4 is 29.9 Å². The minimum absolute atomic E-state index is 0. The van der Waals surface area contributed by atoms with Crippen LogP contribution in [0.3, 0.4) is 0 Å². The number of halogens is 1. The molecule has 10 heteroatoms. The average molecular weight is 373 g/mol. The van der Waals surface area contributed by atoms with Gasteiger partial charge >= 0.3 is 0 Å². The van der Waals surface area contributed by atoms with Gasteiger partial charge in [0, 0.05) is 38.1 Å². The SMILES string of the molecule is Cl.NCC(=O)NCC(=O)N1CCC(Oc2ccc([N+](=O)[O-])cc2)CC1. The van der Waals surface area contributed by atoms with E-state index in [1.807, 2.05) is 0 Å². The van der Waals surface area contributed by atoms with Crippen LogP contribution < -0.4 is 15.8 Å². The van der Waals surface area contributed by atoms with Crippen LogP contribution in [0.5, 0.6) is 5.75 Å². The lowest BCUT2D eigenvalue weighted by Gasteiger charge is -2.32. The maximum atomic E-state index is 12.0. The Morgan fingerprint density at radius 1 is 1.28 bits per heavy atom. The number of nitrogens with zero attached hydrogens (tertiary/aromatic N) is 2. The van der Waals surface area contributed by atoms with Crippen LogP contribution in [0.2, 0.25) is 0 Å². The molecule has 2 amide bonds. The van der Waals surface area contributed by atoms with Gasteiger partial charge in [0.1, 0.15) is 11.9 Å². The summed E-state index contributed by atoms with van der Waals surface area (Å²) in [6.07, 6.45) is 1.27. The van der Waals surface area contributed by atoms with E-state index in [-0.39, 0.29) is 49.1 Å². The number of carbonyl (C=O) groups excluding carboxylic acids is 2. The summed E-state index contributed by atoms with van der Waals surface area (Å²) in [4.78, 5) is 34.8. The van der Waals surface area contributed by atoms with Gasteiger partial charge in [-0.3, -0.25) is 19.7 Å². The first-order chi connectivity index (χ1) is 11.5. The molecule has 0 atom stereocenters. The number of nitrogens with one attached hydrogen (secondary N) is 1. The first kappa shape index (κ1) is 20.7. The summed E-state index contributed by atoms with van der Waals surface area (Å²) in [6.45, 7) is 0.881. The molecule has 3 N–H and O–H groups in total. The van der Waals surface area contributed by atoms with E-state index in [9.17, 15) is 19.7 Å². The van der Waals surface area contributed by atoms with E-state index in [0.29, 0.717) is 31.7 Å². The van der Waals surface area contributed by atoms with E-state index in [1.165, 1.54) is 12.1 Å². The van der Waals surface area contributed by atoms with Crippen LogP contribution in [0, 0.1) is 10.1 Å². The molecule has 2 rings (SSSR count). The van der Waals surface area contributed by atoms with Gasteiger partial charge in [0.25, 0.3) is 5.69 Å². The minimum Gasteiger partial charge on any atom is -0.490 e. The molecule has 0 radical (unpaired) electrons. The topological polar surface area (TPSA) is 128 Å². The molecule has 1 aliphatic heterocycles. The smallest absolute Gasteiger partial charge is 0.269 e. The average Bonchev–Trinajstić information content (AvgIpc) is 2.60. The van der Waals surface area contributed by atoms with Crippen molar-refractivity contribution in [1.82, 2.24) is 10.2 Å². The quantitative estimate of drug-likeness (QED) is 0.551. The van der Waals surface area contributed by atoms with Crippen molar-refractivity contribution in [3.63, 3.8) is 0 Å². The summed E-state index contributed by atoms with van der Waals surface area (Å²) in [5, 5.41) is 13.1. The lowest BCUT2D eigenvalue weighted by Crippen LogP contribution is -2.46. The van der Waals surface area contributed by atoms with E-state index in [1.54, 1.807) is 17.0 Å². The number of piperidine rings is 1. The summed E-state index contributed by atoms with van der Waals surface area (Å²) >= 11 is 0. The molecule has 1 aromatic rings. The van der Waals surface area contributed by atoms with Crippen LogP contribution in [-0.4, -0.2) is 53.9 Å². The monoisotopic (exact) mass is 372 g/mol. The first-order valence-corrected chi connectivity index (χ1v) is 7.65. The van der Waals surface area contributed by atoms with Crippen LogP contribution >= 0.6 is 12.4 Å². The molecule has 25 heavy (non-hydrogen) atoms. The van der Waals surface area contributed by atoms with Gasteiger partial charge in [-0.25, -0.2) is 0 Å². The normalized spacial score (nSPS) is 14.4. The third kappa shape index (κ3) is 6.20. The van der Waals surface area contributed by atoms with E-state index in [0.717, 1.165) is 0 Å². The molecule has 1 fully saturated rings. The Kier molecular flexibility index (Phi) is 8.09. The first-order valence-electron chi connectivity index (χ1n) is 7.65. The van der Waals surface area contributed by atoms with Crippen molar-refractivity contribution in [3.8, 4) is 5.75 Å². The lowest BCUT2D eigenvalue weighted by molar-refractivity contribution is -0.384. The Bertz CT molecular complexity index is 602. The summed E-state index contributed by atoms with van der Waals surface area (Å²) in [5.74, 6) is 0.0610. The third-order valence-corrected chi connectivity index (χ3v) is 3.77. The molecule has 0 saturated carbocycles. The number of benzene rings is 1. The molecule has 0 bridgehead atoms. The van der Waals surface area contributed by atoms with Gasteiger partial charge in [-0.2, -0.15) is 0 Å². The molecule has 0 spiro atoms. The molecule has 1 aliphatic rings. The van der Waals surface area contributed by atoms with Crippen molar-refractivity contribution in [1.29, 1.82) is 0 Å². The van der Waals surface area contributed by atoms with Crippen molar-refractivity contribution in [3.05, 3.63) is 34.4 Å². The Morgan fingerprint density at radius 3 is 2.40 bits per heavy atom. The number of carbonyl (C=O) groups is 2. The highest BCUT2D eigenvalue weighted by Crippen LogP contribution is 2.21. The van der Waals surface area contributed by atoms with E-state index < -0.39 is 4.92 Å². The molecule has 1 saturated heterocycles. The van der Waals surface area contributed by atoms with Crippen molar-refractivity contribution in [2.75, 3.05) is 26.2 Å². The minimum atomic E-state index is -0.461. The van der Waals surface area contributed by atoms with Crippen molar-refractivity contribution in [2.24, 2.45) is 5.73 Å². The summed E-state index contributed by atoms with van der Waals surface area (Å²) in [6, 6.07) is 5.93. The van der Waals surface area contributed by atoms with Crippen LogP contribution in [0.4, 0.5) is 5.69 Å². The summed E-state index contributed by atoms with van der Waals surface area (Å²) in [5.41, 5.74) is 5.18. The van der Waals surface area contributed by atoms with Gasteiger partial charge < -0.3 is 20.7 Å². The molecule has 0 aromatic heterocycles. The predicted octanol–water partition coefficient (Wildman–Crippen LogP) is 0.461. The zero-order valence-corrected chi connectivity index (χ0v) is 14.4. The molecular formula is C15H21ClN4O5. The molecule has 0 unspecified atom stereocenters. The highest BCUT2D eigenvalue weighted by molar-refractivity contribution is 5.85. The number of nitro benzene ring substituents is 1. The van der Waals surface area contributed by atoms with Gasteiger partial charge in [-0.1, -0.05) is 0 Å². The maximum Gasteiger partial charge on any atom is 0.269 e. The molecule has 0 aliphatic carbocycles. The van der Waals surface area contributed by atoms with E-state index >= 15 is 0 Å². The fourth-order valence-corrected chi connectivity index (χ4v) is 2.42. The molecule has 9 nitrogen and oxygen atoms in total. The Labute approximate surface area is 151 Å². The van der Waals surface area contributed by atoms with Gasteiger partial charge in [0.2, 0.25) is 11.8 Å². The zero-order valence-electron chi connectivity index (χ0n) is 13.6. The Balaban J connectivity index is 0.00000312. The number of hydrogen-bond acceptors (Lipinski definition) is 6. The zero-order chi connectivity index (χ0) is 17.5. The maximum absolute atomic E-state index is 12.0. The highest BCUT2D eigenvalue weighted by atomic mass is 35.5. The number of rotatable bonds is 6. The van der Waals surface area contributed by atoms with Gasteiger partial charge in [0.15, 0.2) is 0 Å². The Hall–Kier alpha value is -2.39. The number of non-ortho nitro benzene ring substituents is 1. The van der Waals surface area contributed by atoms with Crippen LogP contribution in [0.1, 0.15) is 12.8 Å². The van der Waals surface area contributed by atoms with Crippen molar-refractivity contribution < 1.29 is 19.2 Å². The number of likely N-dealkylation sites (tertiary alicyclic amines) is 1. The lowest BCUT2D eigenvalue weighted by atomic mass is 10.1. The number of ether oxygens (including phenoxy) is 1. The second-order valence-corrected chi connectivity index (χ2v) is 5.43. The number of nitro groups is 1. The molecule has 1 heterocycles. The molecule has 138 valence electrons. The van der Waals surface area contributed by atoms with Gasteiger partial charge in [0.05, 0.1) is 18.0 Å². The summed E-state index contributed by atoms with van der Waals surface area (Å²) in [7, 11) is 0. The number of hydrogen-bond donors (Lipinski definition) is 2. The number of nitrogens with two attached hydrogens (primary N) is 1. The van der Waals surface area contributed by atoms with E-state index in [2.05, 4.69) is 5.32 Å². The predicted molar refractivity (Wildman–Crippen MR) is 92.6 cm³/mol. The van der Waals surface area contributed by atoms with Gasteiger partial charge in [-0.15, -0.1) is 12.4 Å². The standard InChI is InChI=1S/C15H20N4O5.ClH/c16-9-14(20)17-10-15(21)18-7-5-13(6-8-18)24-12-3-1-11(2-4-12)19(22)23;/h1-4,13H,5-10,16H2,(H,17,20);1H. The van der Waals surface area contributed by atoms with Crippen LogP contribution in [0.15, 0.2) is 24.3 Å². The van der Waals surface area contributed by atoms with Crippen molar-refractivity contribution in [2.45, 2.75) is 18.9 Å². The molecule has 1 aromatic carbocycles. The Morgan fingerprint density at radius 2 is 1.88 bits per heavy atom. The summed E-state index contributed by atoms with van der Waals surface area (Å²) < 4.78 is 5.79. The third-order valence-electron chi connectivity index (χ3n) is 3.77. The fourth-order valence-electron chi connectivity index (χ4n) is 2.42. The van der Waals surface area contributed by atoms with Crippen LogP contribution in [-0.2, 0) is 9.59 Å². The van der Waals surface area contributed by atoms with E-state index in [4.69, 9.17) is 10.5 Å². The van der Waals surface area contributed by atoms with Crippen LogP contribution in [0.25, 0.3) is 0 Å². The van der Waals surface area contributed by atoms with Gasteiger partial charge in [-0.05, 0) is 12.1 Å². The second-order valence-electron chi connectivity index (χ2n) is 5.43. The fraction of sp³-hybridized carbons (Fsp3) is 0.467. The highest BCUT2D eigenvalue weighted by Gasteiger charge is 2.24. The molecular weight excluding hydrogens is 352 g/mol.